The molecular formula is C24H32N2O3. The van der Waals surface area contributed by atoms with Gasteiger partial charge in [0.25, 0.3) is 0 Å². The van der Waals surface area contributed by atoms with Crippen molar-refractivity contribution in [2.24, 2.45) is 0 Å². The van der Waals surface area contributed by atoms with Gasteiger partial charge in [0.2, 0.25) is 11.8 Å². The van der Waals surface area contributed by atoms with Crippen LogP contribution in [0.15, 0.2) is 48.5 Å². The van der Waals surface area contributed by atoms with Gasteiger partial charge in [-0.05, 0) is 50.5 Å². The lowest BCUT2D eigenvalue weighted by atomic mass is 10.1. The van der Waals surface area contributed by atoms with Crippen molar-refractivity contribution in [1.82, 2.24) is 10.2 Å². The van der Waals surface area contributed by atoms with Crippen LogP contribution in [0.2, 0.25) is 0 Å². The van der Waals surface area contributed by atoms with Gasteiger partial charge < -0.3 is 15.0 Å². The van der Waals surface area contributed by atoms with Crippen molar-refractivity contribution in [3.05, 3.63) is 65.2 Å². The number of methoxy groups -OCH3 is 1. The molecule has 1 N–H and O–H groups in total. The zero-order valence-corrected chi connectivity index (χ0v) is 18.1. The number of aryl methyl sites for hydroxylation is 1. The fraction of sp³-hybridized carbons (Fsp3) is 0.417. The Morgan fingerprint density at radius 2 is 1.76 bits per heavy atom. The molecule has 0 unspecified atom stereocenters. The van der Waals surface area contributed by atoms with Crippen molar-refractivity contribution in [3.8, 4) is 5.75 Å². The second-order valence-electron chi connectivity index (χ2n) is 7.53. The molecule has 2 rings (SSSR count). The minimum absolute atomic E-state index is 0.0653. The van der Waals surface area contributed by atoms with Crippen LogP contribution >= 0.6 is 0 Å². The van der Waals surface area contributed by atoms with E-state index < -0.39 is 6.04 Å². The lowest BCUT2D eigenvalue weighted by Gasteiger charge is -2.30. The topological polar surface area (TPSA) is 58.6 Å². The molecule has 0 bridgehead atoms. The highest BCUT2D eigenvalue weighted by Gasteiger charge is 2.27. The minimum atomic E-state index is -0.576. The number of amides is 2. The molecule has 0 aliphatic heterocycles. The van der Waals surface area contributed by atoms with Crippen LogP contribution in [0.5, 0.6) is 5.75 Å². The van der Waals surface area contributed by atoms with E-state index in [1.165, 1.54) is 0 Å². The predicted octanol–water partition coefficient (Wildman–Crippen LogP) is 3.88. The van der Waals surface area contributed by atoms with Gasteiger partial charge in [-0.15, -0.1) is 0 Å². The summed E-state index contributed by atoms with van der Waals surface area (Å²) in [4.78, 5) is 27.6. The number of nitrogens with zero attached hydrogens (tertiary/aromatic N) is 1. The Morgan fingerprint density at radius 1 is 1.07 bits per heavy atom. The van der Waals surface area contributed by atoms with E-state index in [2.05, 4.69) is 5.32 Å². The van der Waals surface area contributed by atoms with Crippen LogP contribution in [0, 0.1) is 6.92 Å². The van der Waals surface area contributed by atoms with Gasteiger partial charge in [0.05, 0.1) is 13.5 Å². The van der Waals surface area contributed by atoms with E-state index in [9.17, 15) is 9.59 Å². The molecule has 2 amide bonds. The molecule has 2 atom stereocenters. The molecule has 0 fully saturated rings. The third-order valence-corrected chi connectivity index (χ3v) is 5.09. The molecule has 5 heteroatoms. The molecule has 0 aliphatic rings. The second-order valence-corrected chi connectivity index (χ2v) is 7.53. The number of carbonyl (C=O) groups excluding carboxylic acids is 2. The fourth-order valence-electron chi connectivity index (χ4n) is 3.11. The highest BCUT2D eigenvalue weighted by molar-refractivity contribution is 5.88. The lowest BCUT2D eigenvalue weighted by molar-refractivity contribution is -0.140. The molecule has 29 heavy (non-hydrogen) atoms. The first-order chi connectivity index (χ1) is 13.8. The molecule has 0 heterocycles. The minimum Gasteiger partial charge on any atom is -0.497 e. The van der Waals surface area contributed by atoms with Crippen molar-refractivity contribution < 1.29 is 14.3 Å². The van der Waals surface area contributed by atoms with Crippen molar-refractivity contribution in [3.63, 3.8) is 0 Å². The van der Waals surface area contributed by atoms with E-state index >= 15 is 0 Å². The van der Waals surface area contributed by atoms with Crippen molar-refractivity contribution in [2.45, 2.75) is 59.2 Å². The summed E-state index contributed by atoms with van der Waals surface area (Å²) in [5.41, 5.74) is 2.97. The number of benzene rings is 2. The van der Waals surface area contributed by atoms with Crippen molar-refractivity contribution in [1.29, 1.82) is 0 Å². The van der Waals surface area contributed by atoms with E-state index in [0.29, 0.717) is 6.54 Å². The Labute approximate surface area is 174 Å². The summed E-state index contributed by atoms with van der Waals surface area (Å²) in [6.45, 7) is 8.12. The van der Waals surface area contributed by atoms with E-state index in [4.69, 9.17) is 4.74 Å². The quantitative estimate of drug-likeness (QED) is 0.700. The molecule has 5 nitrogen and oxygen atoms in total. The van der Waals surface area contributed by atoms with Gasteiger partial charge in [-0.2, -0.15) is 0 Å². The molecule has 0 radical (unpaired) electrons. The summed E-state index contributed by atoms with van der Waals surface area (Å²) in [6, 6.07) is 15.0. The summed E-state index contributed by atoms with van der Waals surface area (Å²) in [5, 5.41) is 2.99. The number of hydrogen-bond donors (Lipinski definition) is 1. The highest BCUT2D eigenvalue weighted by atomic mass is 16.5. The zero-order valence-electron chi connectivity index (χ0n) is 18.1. The number of carbonyl (C=O) groups is 2. The van der Waals surface area contributed by atoms with Crippen LogP contribution in [-0.2, 0) is 22.6 Å². The van der Waals surface area contributed by atoms with Gasteiger partial charge in [0.15, 0.2) is 0 Å². The number of rotatable bonds is 9. The summed E-state index contributed by atoms with van der Waals surface area (Å²) in [7, 11) is 1.61. The van der Waals surface area contributed by atoms with Gasteiger partial charge >= 0.3 is 0 Å². The Balaban J connectivity index is 2.25. The molecule has 0 saturated heterocycles. The van der Waals surface area contributed by atoms with Gasteiger partial charge in [-0.1, -0.05) is 48.9 Å². The lowest BCUT2D eigenvalue weighted by Crippen LogP contribution is -2.49. The van der Waals surface area contributed by atoms with Crippen LogP contribution in [0.25, 0.3) is 0 Å². The third kappa shape index (κ3) is 6.63. The van der Waals surface area contributed by atoms with Gasteiger partial charge in [0.1, 0.15) is 11.8 Å². The first-order valence-electron chi connectivity index (χ1n) is 10.1. The number of hydrogen-bond acceptors (Lipinski definition) is 3. The summed E-state index contributed by atoms with van der Waals surface area (Å²) in [5.74, 6) is 0.510. The zero-order chi connectivity index (χ0) is 21.4. The smallest absolute Gasteiger partial charge is 0.242 e. The molecule has 2 aromatic rings. The Bertz CT molecular complexity index is 834. The van der Waals surface area contributed by atoms with Gasteiger partial charge in [-0.3, -0.25) is 9.59 Å². The monoisotopic (exact) mass is 396 g/mol. The maximum Gasteiger partial charge on any atom is 0.242 e. The molecular weight excluding hydrogens is 364 g/mol. The Morgan fingerprint density at radius 3 is 2.41 bits per heavy atom. The average molecular weight is 397 g/mol. The first-order valence-corrected chi connectivity index (χ1v) is 10.1. The second kappa shape index (κ2) is 10.6. The Kier molecular flexibility index (Phi) is 8.25. The van der Waals surface area contributed by atoms with Gasteiger partial charge in [0, 0.05) is 12.6 Å². The Hall–Kier alpha value is -2.82. The summed E-state index contributed by atoms with van der Waals surface area (Å²) < 4.78 is 5.30. The van der Waals surface area contributed by atoms with Gasteiger partial charge in [-0.25, -0.2) is 0 Å². The molecule has 0 aliphatic carbocycles. The average Bonchev–Trinajstić information content (AvgIpc) is 2.71. The molecule has 0 aromatic heterocycles. The van der Waals surface area contributed by atoms with Crippen LogP contribution in [0.1, 0.15) is 43.9 Å². The molecule has 2 aromatic carbocycles. The summed E-state index contributed by atoms with van der Waals surface area (Å²) in [6.07, 6.45) is 1.10. The molecule has 156 valence electrons. The van der Waals surface area contributed by atoms with E-state index in [1.54, 1.807) is 18.9 Å². The number of ether oxygens (including phenoxy) is 1. The fourth-order valence-corrected chi connectivity index (χ4v) is 3.11. The van der Waals surface area contributed by atoms with E-state index in [0.717, 1.165) is 28.9 Å². The van der Waals surface area contributed by atoms with Crippen molar-refractivity contribution >= 4 is 11.8 Å². The van der Waals surface area contributed by atoms with Crippen LogP contribution < -0.4 is 10.1 Å². The maximum absolute atomic E-state index is 13.2. The van der Waals surface area contributed by atoms with Crippen LogP contribution in [-0.4, -0.2) is 35.9 Å². The van der Waals surface area contributed by atoms with E-state index in [1.807, 2.05) is 69.3 Å². The SMILES string of the molecule is CC[C@H](C)NC(=O)[C@H](C)N(Cc1cccc(OC)c1)C(=O)Cc1cccc(C)c1. The van der Waals surface area contributed by atoms with Crippen molar-refractivity contribution in [2.75, 3.05) is 7.11 Å². The number of nitrogens with one attached hydrogen (secondary N) is 1. The largest absolute Gasteiger partial charge is 0.497 e. The van der Waals surface area contributed by atoms with Crippen LogP contribution in [0.3, 0.4) is 0 Å². The van der Waals surface area contributed by atoms with Crippen LogP contribution in [0.4, 0.5) is 0 Å². The third-order valence-electron chi connectivity index (χ3n) is 5.09. The molecule has 0 spiro atoms. The predicted molar refractivity (Wildman–Crippen MR) is 116 cm³/mol. The molecule has 0 saturated carbocycles. The standard InChI is InChI=1S/C24H32N2O3/c1-6-18(3)25-24(28)19(4)26(16-21-11-8-12-22(14-21)29-5)23(27)15-20-10-7-9-17(2)13-20/h7-14,18-19H,6,15-16H2,1-5H3,(H,25,28)/t18-,19-/m0/s1. The highest BCUT2D eigenvalue weighted by Crippen LogP contribution is 2.17. The maximum atomic E-state index is 13.2. The normalized spacial score (nSPS) is 12.7. The van der Waals surface area contributed by atoms with E-state index in [-0.39, 0.29) is 24.3 Å². The summed E-state index contributed by atoms with van der Waals surface area (Å²) >= 11 is 0. The first kappa shape index (κ1) is 22.5.